The predicted octanol–water partition coefficient (Wildman–Crippen LogP) is 3.22. The van der Waals surface area contributed by atoms with E-state index in [4.69, 9.17) is 4.74 Å². The fourth-order valence-corrected chi connectivity index (χ4v) is 4.69. The molecule has 146 valence electrons. The van der Waals surface area contributed by atoms with Crippen LogP contribution in [0.3, 0.4) is 0 Å². The van der Waals surface area contributed by atoms with E-state index >= 15 is 0 Å². The van der Waals surface area contributed by atoms with E-state index in [1.165, 1.54) is 0 Å². The largest absolute Gasteiger partial charge is 0.457 e. The summed E-state index contributed by atoms with van der Waals surface area (Å²) >= 11 is 0. The zero-order valence-corrected chi connectivity index (χ0v) is 15.7. The lowest BCUT2D eigenvalue weighted by molar-refractivity contribution is -0.143. The maximum absolute atomic E-state index is 12.7. The molecule has 2 aromatic carbocycles. The summed E-state index contributed by atoms with van der Waals surface area (Å²) in [6.45, 7) is -0.244. The molecule has 1 N–H and O–H groups in total. The molecule has 1 heterocycles. The van der Waals surface area contributed by atoms with Gasteiger partial charge in [-0.2, -0.15) is 0 Å². The molecule has 1 saturated carbocycles. The first-order chi connectivity index (χ1) is 14.1. The molecule has 0 aromatic heterocycles. The van der Waals surface area contributed by atoms with Gasteiger partial charge in [0.1, 0.15) is 18.0 Å². The molecule has 6 nitrogen and oxygen atoms in total. The quantitative estimate of drug-likeness (QED) is 0.630. The van der Waals surface area contributed by atoms with Crippen LogP contribution in [0.5, 0.6) is 11.5 Å². The highest BCUT2D eigenvalue weighted by Gasteiger charge is 2.59. The van der Waals surface area contributed by atoms with E-state index in [0.717, 1.165) is 17.1 Å². The van der Waals surface area contributed by atoms with Gasteiger partial charge in [-0.15, -0.1) is 0 Å². The summed E-state index contributed by atoms with van der Waals surface area (Å²) in [7, 11) is 0. The number of anilines is 1. The minimum Gasteiger partial charge on any atom is -0.457 e. The second-order valence-corrected chi connectivity index (χ2v) is 7.75. The van der Waals surface area contributed by atoms with Gasteiger partial charge in [0, 0.05) is 5.69 Å². The molecule has 1 aliphatic heterocycles. The van der Waals surface area contributed by atoms with Crippen LogP contribution < -0.4 is 10.1 Å². The standard InChI is InChI=1S/C23H20N2O4/c26-19(13-25-22(27)20-14-6-7-15(12-14)21(20)23(25)28)24-16-8-10-18(11-9-16)29-17-4-2-1-3-5-17/h1-11,14-15,20-21H,12-13H2,(H,24,26)/t14-,15+,20-,21+. The Balaban J connectivity index is 1.20. The Morgan fingerprint density at radius 2 is 1.48 bits per heavy atom. The van der Waals surface area contributed by atoms with Gasteiger partial charge in [-0.05, 0) is 54.7 Å². The molecule has 2 fully saturated rings. The fraction of sp³-hybridized carbons (Fsp3) is 0.261. The summed E-state index contributed by atoms with van der Waals surface area (Å²) < 4.78 is 5.73. The highest BCUT2D eigenvalue weighted by Crippen LogP contribution is 2.52. The SMILES string of the molecule is O=C(CN1C(=O)[C@@H]2[C@H](C1=O)[C@@H]1C=C[C@H]2C1)Nc1ccc(Oc2ccccc2)cc1. The van der Waals surface area contributed by atoms with Gasteiger partial charge in [-0.25, -0.2) is 0 Å². The molecule has 1 saturated heterocycles. The number of rotatable bonds is 5. The first-order valence-electron chi connectivity index (χ1n) is 9.76. The Morgan fingerprint density at radius 1 is 0.897 bits per heavy atom. The Labute approximate surface area is 168 Å². The average Bonchev–Trinajstić information content (AvgIpc) is 3.40. The number of para-hydroxylation sites is 1. The van der Waals surface area contributed by atoms with Gasteiger partial charge >= 0.3 is 0 Å². The normalized spacial score (nSPS) is 26.7. The molecule has 0 spiro atoms. The molecule has 29 heavy (non-hydrogen) atoms. The Hall–Kier alpha value is -3.41. The molecule has 3 aliphatic rings. The van der Waals surface area contributed by atoms with Crippen LogP contribution in [0.1, 0.15) is 6.42 Å². The van der Waals surface area contributed by atoms with E-state index in [1.807, 2.05) is 42.5 Å². The number of benzene rings is 2. The molecular formula is C23H20N2O4. The van der Waals surface area contributed by atoms with Crippen molar-refractivity contribution in [3.8, 4) is 11.5 Å². The van der Waals surface area contributed by atoms with Gasteiger partial charge in [0.05, 0.1) is 11.8 Å². The maximum atomic E-state index is 12.7. The van der Waals surface area contributed by atoms with Crippen LogP contribution in [-0.4, -0.2) is 29.2 Å². The molecule has 3 amide bonds. The molecule has 5 rings (SSSR count). The number of nitrogens with one attached hydrogen (secondary N) is 1. The van der Waals surface area contributed by atoms with Crippen molar-refractivity contribution in [2.75, 3.05) is 11.9 Å². The van der Waals surface area contributed by atoms with Crippen LogP contribution in [-0.2, 0) is 14.4 Å². The van der Waals surface area contributed by atoms with E-state index in [1.54, 1.807) is 24.3 Å². The number of nitrogens with zero attached hydrogens (tertiary/aromatic N) is 1. The molecule has 2 aliphatic carbocycles. The smallest absolute Gasteiger partial charge is 0.244 e. The number of allylic oxidation sites excluding steroid dienone is 2. The van der Waals surface area contributed by atoms with Crippen LogP contribution in [0.25, 0.3) is 0 Å². The Kier molecular flexibility index (Phi) is 4.19. The summed E-state index contributed by atoms with van der Waals surface area (Å²) in [5.41, 5.74) is 0.580. The summed E-state index contributed by atoms with van der Waals surface area (Å²) in [5.74, 6) is 0.304. The first kappa shape index (κ1) is 17.7. The van der Waals surface area contributed by atoms with E-state index in [0.29, 0.717) is 11.4 Å². The predicted molar refractivity (Wildman–Crippen MR) is 106 cm³/mol. The highest BCUT2D eigenvalue weighted by molar-refractivity contribution is 6.09. The molecule has 6 heteroatoms. The molecule has 2 bridgehead atoms. The molecule has 4 atom stereocenters. The van der Waals surface area contributed by atoms with Gasteiger partial charge in [-0.3, -0.25) is 19.3 Å². The highest BCUT2D eigenvalue weighted by atomic mass is 16.5. The summed E-state index contributed by atoms with van der Waals surface area (Å²) in [4.78, 5) is 38.9. The van der Waals surface area contributed by atoms with Gasteiger partial charge < -0.3 is 10.1 Å². The lowest BCUT2D eigenvalue weighted by Gasteiger charge is -2.17. The third-order valence-corrected chi connectivity index (χ3v) is 5.98. The summed E-state index contributed by atoms with van der Waals surface area (Å²) in [6.07, 6.45) is 4.96. The first-order valence-corrected chi connectivity index (χ1v) is 9.76. The number of ether oxygens (including phenoxy) is 1. The lowest BCUT2D eigenvalue weighted by atomic mass is 9.85. The minimum absolute atomic E-state index is 0.145. The van der Waals surface area contributed by atoms with E-state index in [-0.39, 0.29) is 47.9 Å². The zero-order chi connectivity index (χ0) is 20.0. The van der Waals surface area contributed by atoms with Crippen molar-refractivity contribution in [1.82, 2.24) is 4.90 Å². The molecule has 0 unspecified atom stereocenters. The number of likely N-dealkylation sites (tertiary alicyclic amines) is 1. The van der Waals surface area contributed by atoms with Crippen molar-refractivity contribution in [1.29, 1.82) is 0 Å². The second-order valence-electron chi connectivity index (χ2n) is 7.75. The van der Waals surface area contributed by atoms with Gasteiger partial charge in [0.2, 0.25) is 17.7 Å². The zero-order valence-electron chi connectivity index (χ0n) is 15.7. The number of fused-ring (bicyclic) bond motifs is 5. The van der Waals surface area contributed by atoms with Crippen molar-refractivity contribution in [2.45, 2.75) is 6.42 Å². The van der Waals surface area contributed by atoms with E-state index in [2.05, 4.69) is 5.32 Å². The maximum Gasteiger partial charge on any atom is 0.244 e. The van der Waals surface area contributed by atoms with Crippen molar-refractivity contribution in [2.24, 2.45) is 23.7 Å². The van der Waals surface area contributed by atoms with Crippen molar-refractivity contribution >= 4 is 23.4 Å². The monoisotopic (exact) mass is 388 g/mol. The molecular weight excluding hydrogens is 368 g/mol. The van der Waals surface area contributed by atoms with Gasteiger partial charge in [0.25, 0.3) is 0 Å². The third kappa shape index (κ3) is 3.10. The summed E-state index contributed by atoms with van der Waals surface area (Å²) in [5, 5.41) is 2.75. The van der Waals surface area contributed by atoms with Crippen LogP contribution in [0, 0.1) is 23.7 Å². The van der Waals surface area contributed by atoms with E-state index < -0.39 is 0 Å². The van der Waals surface area contributed by atoms with Crippen molar-refractivity contribution in [3.63, 3.8) is 0 Å². The van der Waals surface area contributed by atoms with Crippen LogP contribution in [0.2, 0.25) is 0 Å². The van der Waals surface area contributed by atoms with Crippen LogP contribution in [0.15, 0.2) is 66.7 Å². The number of hydrogen-bond acceptors (Lipinski definition) is 4. The Morgan fingerprint density at radius 3 is 2.10 bits per heavy atom. The minimum atomic E-state index is -0.385. The van der Waals surface area contributed by atoms with Crippen LogP contribution >= 0.6 is 0 Å². The van der Waals surface area contributed by atoms with Gasteiger partial charge in [-0.1, -0.05) is 30.4 Å². The molecule has 0 radical (unpaired) electrons. The topological polar surface area (TPSA) is 75.7 Å². The number of imide groups is 1. The van der Waals surface area contributed by atoms with Crippen LogP contribution in [0.4, 0.5) is 5.69 Å². The number of carbonyl (C=O) groups excluding carboxylic acids is 3. The Bertz CT molecular complexity index is 969. The van der Waals surface area contributed by atoms with Gasteiger partial charge in [0.15, 0.2) is 0 Å². The van der Waals surface area contributed by atoms with Crippen molar-refractivity contribution in [3.05, 3.63) is 66.7 Å². The summed E-state index contributed by atoms with van der Waals surface area (Å²) in [6, 6.07) is 16.4. The average molecular weight is 388 g/mol. The number of carbonyl (C=O) groups is 3. The van der Waals surface area contributed by atoms with E-state index in [9.17, 15) is 14.4 Å². The fourth-order valence-electron chi connectivity index (χ4n) is 4.69. The number of hydrogen-bond donors (Lipinski definition) is 1. The lowest BCUT2D eigenvalue weighted by Crippen LogP contribution is -2.39. The number of amides is 3. The molecule has 2 aromatic rings. The third-order valence-electron chi connectivity index (χ3n) is 5.98. The second kappa shape index (κ2) is 6.88. The van der Waals surface area contributed by atoms with Crippen molar-refractivity contribution < 1.29 is 19.1 Å².